The number of carbonyl (C=O) groups is 1. The van der Waals surface area contributed by atoms with E-state index in [1.807, 2.05) is 54.6 Å². The highest BCUT2D eigenvalue weighted by Crippen LogP contribution is 2.28. The van der Waals surface area contributed by atoms with Crippen LogP contribution >= 0.6 is 0 Å². The second kappa shape index (κ2) is 7.70. The van der Waals surface area contributed by atoms with E-state index in [9.17, 15) is 9.90 Å². The number of rotatable bonds is 6. The Bertz CT molecular complexity index is 709. The third-order valence-corrected chi connectivity index (χ3v) is 4.39. The van der Waals surface area contributed by atoms with Crippen LogP contribution in [0.25, 0.3) is 0 Å². The highest BCUT2D eigenvalue weighted by Gasteiger charge is 2.35. The Labute approximate surface area is 148 Å². The lowest BCUT2D eigenvalue weighted by atomic mass is 9.89. The van der Waals surface area contributed by atoms with Gasteiger partial charge in [-0.1, -0.05) is 42.5 Å². The van der Waals surface area contributed by atoms with Crippen LogP contribution in [0.15, 0.2) is 54.6 Å². The SMILES string of the molecule is CC1(O)CC(=O)OC(CCc2cccc(OCc3ccccc3)c2)C1. The number of esters is 1. The Kier molecular flexibility index (Phi) is 5.39. The summed E-state index contributed by atoms with van der Waals surface area (Å²) >= 11 is 0. The second-order valence-electron chi connectivity index (χ2n) is 6.95. The molecule has 1 saturated heterocycles. The summed E-state index contributed by atoms with van der Waals surface area (Å²) in [5.74, 6) is 0.509. The summed E-state index contributed by atoms with van der Waals surface area (Å²) in [6, 6.07) is 18.0. The summed E-state index contributed by atoms with van der Waals surface area (Å²) in [4.78, 5) is 11.6. The third-order valence-electron chi connectivity index (χ3n) is 4.39. The van der Waals surface area contributed by atoms with Crippen LogP contribution in [0, 0.1) is 0 Å². The first-order chi connectivity index (χ1) is 12.0. The molecule has 132 valence electrons. The molecule has 0 radical (unpaired) electrons. The van der Waals surface area contributed by atoms with E-state index >= 15 is 0 Å². The molecule has 25 heavy (non-hydrogen) atoms. The molecule has 2 atom stereocenters. The fraction of sp³-hybridized carbons (Fsp3) is 0.381. The van der Waals surface area contributed by atoms with Gasteiger partial charge in [-0.15, -0.1) is 0 Å². The van der Waals surface area contributed by atoms with E-state index in [0.29, 0.717) is 19.4 Å². The fourth-order valence-corrected chi connectivity index (χ4v) is 3.16. The molecule has 0 amide bonds. The Morgan fingerprint density at radius 3 is 2.68 bits per heavy atom. The molecule has 1 N–H and O–H groups in total. The van der Waals surface area contributed by atoms with Crippen molar-refractivity contribution in [3.63, 3.8) is 0 Å². The highest BCUT2D eigenvalue weighted by atomic mass is 16.5. The lowest BCUT2D eigenvalue weighted by molar-refractivity contribution is -0.168. The van der Waals surface area contributed by atoms with Crippen molar-refractivity contribution in [1.82, 2.24) is 0 Å². The van der Waals surface area contributed by atoms with E-state index in [1.54, 1.807) is 6.92 Å². The number of hydrogen-bond acceptors (Lipinski definition) is 4. The number of carbonyl (C=O) groups excluding carboxylic acids is 1. The second-order valence-corrected chi connectivity index (χ2v) is 6.95. The van der Waals surface area contributed by atoms with E-state index in [1.165, 1.54) is 0 Å². The van der Waals surface area contributed by atoms with Crippen LogP contribution in [0.5, 0.6) is 5.75 Å². The minimum Gasteiger partial charge on any atom is -0.489 e. The lowest BCUT2D eigenvalue weighted by Gasteiger charge is -2.33. The van der Waals surface area contributed by atoms with Crippen LogP contribution in [0.2, 0.25) is 0 Å². The maximum Gasteiger partial charge on any atom is 0.308 e. The molecule has 0 aliphatic carbocycles. The number of aliphatic hydroxyl groups is 1. The predicted molar refractivity (Wildman–Crippen MR) is 95.3 cm³/mol. The van der Waals surface area contributed by atoms with Gasteiger partial charge in [-0.2, -0.15) is 0 Å². The molecule has 1 aliphatic heterocycles. The molecule has 0 saturated carbocycles. The van der Waals surface area contributed by atoms with Gasteiger partial charge in [-0.25, -0.2) is 0 Å². The third kappa shape index (κ3) is 5.33. The number of cyclic esters (lactones) is 1. The van der Waals surface area contributed by atoms with Crippen molar-refractivity contribution in [3.8, 4) is 5.75 Å². The summed E-state index contributed by atoms with van der Waals surface area (Å²) in [5, 5.41) is 10.1. The maximum absolute atomic E-state index is 11.6. The molecule has 2 unspecified atom stereocenters. The molecular weight excluding hydrogens is 316 g/mol. The van der Waals surface area contributed by atoms with Gasteiger partial charge in [0.1, 0.15) is 18.5 Å². The summed E-state index contributed by atoms with van der Waals surface area (Å²) < 4.78 is 11.2. The van der Waals surface area contributed by atoms with E-state index in [2.05, 4.69) is 0 Å². The first-order valence-corrected chi connectivity index (χ1v) is 8.68. The van der Waals surface area contributed by atoms with E-state index in [-0.39, 0.29) is 18.5 Å². The van der Waals surface area contributed by atoms with Gasteiger partial charge in [0, 0.05) is 6.42 Å². The van der Waals surface area contributed by atoms with Crippen LogP contribution < -0.4 is 4.74 Å². The van der Waals surface area contributed by atoms with Crippen molar-refractivity contribution in [2.45, 2.75) is 50.9 Å². The van der Waals surface area contributed by atoms with Crippen molar-refractivity contribution in [1.29, 1.82) is 0 Å². The van der Waals surface area contributed by atoms with Gasteiger partial charge < -0.3 is 14.6 Å². The standard InChI is InChI=1S/C21H24O4/c1-21(23)13-19(25-20(22)14-21)11-10-16-8-5-9-18(12-16)24-15-17-6-3-2-4-7-17/h2-9,12,19,23H,10-11,13-15H2,1H3. The van der Waals surface area contributed by atoms with Crippen molar-refractivity contribution >= 4 is 5.97 Å². The zero-order chi connectivity index (χ0) is 17.7. The largest absolute Gasteiger partial charge is 0.489 e. The van der Waals surface area contributed by atoms with Crippen LogP contribution in [0.3, 0.4) is 0 Å². The van der Waals surface area contributed by atoms with Crippen molar-refractivity contribution < 1.29 is 19.4 Å². The Balaban J connectivity index is 1.54. The summed E-state index contributed by atoms with van der Waals surface area (Å²) in [6.45, 7) is 2.23. The molecule has 1 heterocycles. The van der Waals surface area contributed by atoms with Crippen LogP contribution in [-0.4, -0.2) is 22.8 Å². The maximum atomic E-state index is 11.6. The zero-order valence-corrected chi connectivity index (χ0v) is 14.5. The average molecular weight is 340 g/mol. The zero-order valence-electron chi connectivity index (χ0n) is 14.5. The first kappa shape index (κ1) is 17.5. The minimum absolute atomic E-state index is 0.0757. The van der Waals surface area contributed by atoms with Gasteiger partial charge in [-0.05, 0) is 43.0 Å². The number of benzene rings is 2. The van der Waals surface area contributed by atoms with Crippen molar-refractivity contribution in [2.24, 2.45) is 0 Å². The summed E-state index contributed by atoms with van der Waals surface area (Å²) in [6.07, 6.45) is 1.81. The van der Waals surface area contributed by atoms with Gasteiger partial charge in [0.2, 0.25) is 0 Å². The quantitative estimate of drug-likeness (QED) is 0.816. The Morgan fingerprint density at radius 2 is 1.92 bits per heavy atom. The number of aryl methyl sites for hydroxylation is 1. The molecule has 2 aromatic carbocycles. The van der Waals surface area contributed by atoms with Crippen LogP contribution in [0.4, 0.5) is 0 Å². The normalized spacial score (nSPS) is 23.1. The van der Waals surface area contributed by atoms with Gasteiger partial charge in [0.05, 0.1) is 12.0 Å². The van der Waals surface area contributed by atoms with Crippen molar-refractivity contribution in [2.75, 3.05) is 0 Å². The van der Waals surface area contributed by atoms with Gasteiger partial charge in [-0.3, -0.25) is 4.79 Å². The number of ether oxygens (including phenoxy) is 2. The van der Waals surface area contributed by atoms with Gasteiger partial charge in [0.15, 0.2) is 0 Å². The molecule has 2 aromatic rings. The summed E-state index contributed by atoms with van der Waals surface area (Å²) in [7, 11) is 0. The van der Waals surface area contributed by atoms with E-state index in [0.717, 1.165) is 23.3 Å². The van der Waals surface area contributed by atoms with Crippen LogP contribution in [0.1, 0.15) is 37.3 Å². The molecule has 1 aliphatic rings. The smallest absolute Gasteiger partial charge is 0.308 e. The van der Waals surface area contributed by atoms with Gasteiger partial charge >= 0.3 is 5.97 Å². The highest BCUT2D eigenvalue weighted by molar-refractivity contribution is 5.71. The number of hydrogen-bond donors (Lipinski definition) is 1. The topological polar surface area (TPSA) is 55.8 Å². The molecular formula is C21H24O4. The van der Waals surface area contributed by atoms with Gasteiger partial charge in [0.25, 0.3) is 0 Å². The molecule has 1 fully saturated rings. The molecule has 4 heteroatoms. The summed E-state index contributed by atoms with van der Waals surface area (Å²) in [5.41, 5.74) is 1.30. The van der Waals surface area contributed by atoms with Crippen LogP contribution in [-0.2, 0) is 22.6 Å². The first-order valence-electron chi connectivity index (χ1n) is 8.68. The molecule has 4 nitrogen and oxygen atoms in total. The Hall–Kier alpha value is -2.33. The average Bonchev–Trinajstić information content (AvgIpc) is 2.58. The lowest BCUT2D eigenvalue weighted by Crippen LogP contribution is -2.41. The molecule has 3 rings (SSSR count). The van der Waals surface area contributed by atoms with E-state index < -0.39 is 5.60 Å². The van der Waals surface area contributed by atoms with E-state index in [4.69, 9.17) is 9.47 Å². The minimum atomic E-state index is -0.958. The monoisotopic (exact) mass is 340 g/mol. The Morgan fingerprint density at radius 1 is 1.16 bits per heavy atom. The predicted octanol–water partition coefficient (Wildman–Crippen LogP) is 3.65. The molecule has 0 bridgehead atoms. The fourth-order valence-electron chi connectivity index (χ4n) is 3.16. The molecule has 0 aromatic heterocycles. The molecule has 0 spiro atoms. The van der Waals surface area contributed by atoms with Crippen molar-refractivity contribution in [3.05, 3.63) is 65.7 Å².